The van der Waals surface area contributed by atoms with Crippen molar-refractivity contribution in [3.05, 3.63) is 64.5 Å². The van der Waals surface area contributed by atoms with Crippen molar-refractivity contribution in [3.63, 3.8) is 0 Å². The van der Waals surface area contributed by atoms with E-state index in [0.29, 0.717) is 5.69 Å². The number of benzene rings is 2. The molecule has 0 unspecified atom stereocenters. The summed E-state index contributed by atoms with van der Waals surface area (Å²) < 4.78 is 44.4. The molecule has 0 aliphatic carbocycles. The van der Waals surface area contributed by atoms with Gasteiger partial charge in [0.1, 0.15) is 0 Å². The van der Waals surface area contributed by atoms with Gasteiger partial charge < -0.3 is 9.84 Å². The van der Waals surface area contributed by atoms with Crippen molar-refractivity contribution < 1.29 is 22.5 Å². The Bertz CT molecular complexity index is 961. The molecule has 0 bridgehead atoms. The van der Waals surface area contributed by atoms with Crippen LogP contribution in [0.1, 0.15) is 11.5 Å². The Labute approximate surface area is 170 Å². The third-order valence-electron chi connectivity index (χ3n) is 3.50. The molecule has 5 nitrogen and oxygen atoms in total. The predicted octanol–water partition coefficient (Wildman–Crippen LogP) is 5.39. The molecule has 1 aromatic heterocycles. The third-order valence-corrected chi connectivity index (χ3v) is 4.95. The Kier molecular flexibility index (Phi) is 6.40. The van der Waals surface area contributed by atoms with Gasteiger partial charge in [-0.15, -0.1) is 11.8 Å². The Balaban J connectivity index is 1.54. The maximum atomic E-state index is 12.8. The van der Waals surface area contributed by atoms with Crippen LogP contribution < -0.4 is 5.32 Å². The molecule has 2 aromatic carbocycles. The number of hydrogen-bond acceptors (Lipinski definition) is 5. The second kappa shape index (κ2) is 8.78. The first-order valence-corrected chi connectivity index (χ1v) is 9.89. The molecule has 10 heteroatoms. The van der Waals surface area contributed by atoms with Crippen LogP contribution in [0.4, 0.5) is 18.9 Å². The van der Waals surface area contributed by atoms with Gasteiger partial charge in [0, 0.05) is 15.7 Å². The fourth-order valence-electron chi connectivity index (χ4n) is 2.23. The van der Waals surface area contributed by atoms with Crippen LogP contribution >= 0.6 is 27.7 Å². The number of hydrogen-bond donors (Lipinski definition) is 1. The number of nitrogens with one attached hydrogen (secondary N) is 1. The lowest BCUT2D eigenvalue weighted by Crippen LogP contribution is -2.14. The average molecular weight is 472 g/mol. The van der Waals surface area contributed by atoms with Gasteiger partial charge in [0.2, 0.25) is 17.6 Å². The van der Waals surface area contributed by atoms with Crippen molar-refractivity contribution in [2.45, 2.75) is 11.9 Å². The number of amides is 1. The standard InChI is InChI=1S/C18H13BrF3N3O2S/c19-13-4-6-14(7-5-13)23-15(26)9-28-10-16-24-17(25-27-16)11-2-1-3-12(8-11)18(20,21)22/h1-8H,9-10H2,(H,23,26). The minimum Gasteiger partial charge on any atom is -0.338 e. The number of aromatic nitrogens is 2. The van der Waals surface area contributed by atoms with E-state index in [4.69, 9.17) is 4.52 Å². The normalized spacial score (nSPS) is 11.4. The first-order chi connectivity index (χ1) is 13.3. The van der Waals surface area contributed by atoms with Gasteiger partial charge in [-0.2, -0.15) is 18.2 Å². The Hall–Kier alpha value is -2.33. The number of carbonyl (C=O) groups excluding carboxylic acids is 1. The molecule has 0 radical (unpaired) electrons. The van der Waals surface area contributed by atoms with Gasteiger partial charge >= 0.3 is 6.18 Å². The molecule has 1 N–H and O–H groups in total. The Morgan fingerprint density at radius 1 is 1.18 bits per heavy atom. The van der Waals surface area contributed by atoms with Crippen LogP contribution in [-0.4, -0.2) is 21.8 Å². The van der Waals surface area contributed by atoms with Crippen LogP contribution in [-0.2, 0) is 16.7 Å². The smallest absolute Gasteiger partial charge is 0.338 e. The molecule has 146 valence electrons. The molecule has 3 rings (SSSR count). The fourth-order valence-corrected chi connectivity index (χ4v) is 3.14. The highest BCUT2D eigenvalue weighted by molar-refractivity contribution is 9.10. The van der Waals surface area contributed by atoms with E-state index in [1.807, 2.05) is 12.1 Å². The summed E-state index contributed by atoms with van der Waals surface area (Å²) in [6.45, 7) is 0. The number of alkyl halides is 3. The molecule has 0 aliphatic rings. The first-order valence-electron chi connectivity index (χ1n) is 7.94. The van der Waals surface area contributed by atoms with Crippen molar-refractivity contribution in [1.29, 1.82) is 0 Å². The molecule has 1 amide bonds. The maximum Gasteiger partial charge on any atom is 0.416 e. The molecule has 1 heterocycles. The van der Waals surface area contributed by atoms with Gasteiger partial charge in [0.05, 0.1) is 17.1 Å². The zero-order valence-corrected chi connectivity index (χ0v) is 16.6. The molecular weight excluding hydrogens is 459 g/mol. The highest BCUT2D eigenvalue weighted by Gasteiger charge is 2.30. The van der Waals surface area contributed by atoms with E-state index in [2.05, 4.69) is 31.4 Å². The van der Waals surface area contributed by atoms with Gasteiger partial charge in [-0.25, -0.2) is 0 Å². The lowest BCUT2D eigenvalue weighted by atomic mass is 10.1. The maximum absolute atomic E-state index is 12.8. The molecule has 3 aromatic rings. The van der Waals surface area contributed by atoms with Gasteiger partial charge in [-0.3, -0.25) is 4.79 Å². The number of nitrogens with zero attached hydrogens (tertiary/aromatic N) is 2. The van der Waals surface area contributed by atoms with E-state index < -0.39 is 11.7 Å². The van der Waals surface area contributed by atoms with Crippen molar-refractivity contribution in [2.75, 3.05) is 11.1 Å². The molecule has 0 saturated heterocycles. The van der Waals surface area contributed by atoms with E-state index in [1.165, 1.54) is 23.9 Å². The minimum absolute atomic E-state index is 0.0704. The molecule has 0 saturated carbocycles. The highest BCUT2D eigenvalue weighted by atomic mass is 79.9. The predicted molar refractivity (Wildman–Crippen MR) is 104 cm³/mol. The summed E-state index contributed by atoms with van der Waals surface area (Å²) in [4.78, 5) is 16.0. The largest absolute Gasteiger partial charge is 0.416 e. The van der Waals surface area contributed by atoms with Crippen molar-refractivity contribution in [3.8, 4) is 11.4 Å². The monoisotopic (exact) mass is 471 g/mol. The van der Waals surface area contributed by atoms with Crippen molar-refractivity contribution in [1.82, 2.24) is 10.1 Å². The van der Waals surface area contributed by atoms with E-state index in [9.17, 15) is 18.0 Å². The third kappa shape index (κ3) is 5.59. The van der Waals surface area contributed by atoms with Crippen LogP contribution in [0.25, 0.3) is 11.4 Å². The summed E-state index contributed by atoms with van der Waals surface area (Å²) in [5.74, 6) is 0.539. The van der Waals surface area contributed by atoms with Crippen LogP contribution in [0.3, 0.4) is 0 Å². The second-order valence-electron chi connectivity index (χ2n) is 5.64. The van der Waals surface area contributed by atoms with E-state index in [1.54, 1.807) is 12.1 Å². The molecule has 0 spiro atoms. The van der Waals surface area contributed by atoms with Gasteiger partial charge in [0.25, 0.3) is 0 Å². The second-order valence-corrected chi connectivity index (χ2v) is 7.54. The summed E-state index contributed by atoms with van der Waals surface area (Å²) in [7, 11) is 0. The van der Waals surface area contributed by atoms with Crippen LogP contribution in [0, 0.1) is 0 Å². The molecular formula is C18H13BrF3N3O2S. The van der Waals surface area contributed by atoms with Crippen LogP contribution in [0.15, 0.2) is 57.5 Å². The lowest BCUT2D eigenvalue weighted by Gasteiger charge is -2.06. The number of halogens is 4. The van der Waals surface area contributed by atoms with Crippen LogP contribution in [0.2, 0.25) is 0 Å². The zero-order chi connectivity index (χ0) is 20.1. The van der Waals surface area contributed by atoms with Gasteiger partial charge in [-0.1, -0.05) is 33.2 Å². The SMILES string of the molecule is O=C(CSCc1nc(-c2cccc(C(F)(F)F)c2)no1)Nc1ccc(Br)cc1. The molecule has 0 fully saturated rings. The van der Waals surface area contributed by atoms with Gasteiger partial charge in [-0.05, 0) is 36.4 Å². The Morgan fingerprint density at radius 3 is 2.64 bits per heavy atom. The van der Waals surface area contributed by atoms with Crippen molar-refractivity contribution in [2.24, 2.45) is 0 Å². The summed E-state index contributed by atoms with van der Waals surface area (Å²) in [5.41, 5.74) is 0.108. The topological polar surface area (TPSA) is 68.0 Å². The summed E-state index contributed by atoms with van der Waals surface area (Å²) in [6.07, 6.45) is -4.44. The Morgan fingerprint density at radius 2 is 1.93 bits per heavy atom. The van der Waals surface area contributed by atoms with Gasteiger partial charge in [0.15, 0.2) is 0 Å². The van der Waals surface area contributed by atoms with Crippen LogP contribution in [0.5, 0.6) is 0 Å². The van der Waals surface area contributed by atoms with E-state index >= 15 is 0 Å². The highest BCUT2D eigenvalue weighted by Crippen LogP contribution is 2.31. The molecule has 28 heavy (non-hydrogen) atoms. The minimum atomic E-state index is -4.44. The first kappa shape index (κ1) is 20.4. The fraction of sp³-hybridized carbons (Fsp3) is 0.167. The number of thioether (sulfide) groups is 1. The molecule has 0 aliphatic heterocycles. The quantitative estimate of drug-likeness (QED) is 0.521. The summed E-state index contributed by atoms with van der Waals surface area (Å²) in [5, 5.41) is 6.46. The summed E-state index contributed by atoms with van der Waals surface area (Å²) in [6, 6.07) is 11.9. The number of carbonyl (C=O) groups is 1. The average Bonchev–Trinajstić information content (AvgIpc) is 3.12. The number of rotatable bonds is 6. The van der Waals surface area contributed by atoms with Crippen molar-refractivity contribution >= 4 is 39.3 Å². The zero-order valence-electron chi connectivity index (χ0n) is 14.2. The van der Waals surface area contributed by atoms with E-state index in [0.717, 1.165) is 16.6 Å². The lowest BCUT2D eigenvalue weighted by molar-refractivity contribution is -0.137. The summed E-state index contributed by atoms with van der Waals surface area (Å²) >= 11 is 4.57. The van der Waals surface area contributed by atoms with E-state index in [-0.39, 0.29) is 34.7 Å². The molecule has 0 atom stereocenters. The number of anilines is 1.